The molecule has 1 unspecified atom stereocenters. The Morgan fingerprint density at radius 2 is 2.39 bits per heavy atom. The number of aryl methyl sites for hydroxylation is 2. The van der Waals surface area contributed by atoms with Crippen molar-refractivity contribution in [3.8, 4) is 0 Å². The fraction of sp³-hybridized carbons (Fsp3) is 0.500. The highest BCUT2D eigenvalue weighted by atomic mass is 16.5. The first kappa shape index (κ1) is 11.5. The SMILES string of the molecule is Cc1ccc2c(c1)nc(N)n2CCC1CCOC1. The fourth-order valence-electron chi connectivity index (χ4n) is 2.62. The van der Waals surface area contributed by atoms with Gasteiger partial charge in [-0.25, -0.2) is 4.98 Å². The van der Waals surface area contributed by atoms with Crippen LogP contribution in [-0.4, -0.2) is 22.8 Å². The Morgan fingerprint density at radius 3 is 3.17 bits per heavy atom. The van der Waals surface area contributed by atoms with Crippen LogP contribution in [0.4, 0.5) is 5.95 Å². The molecule has 1 aromatic carbocycles. The average Bonchev–Trinajstić information content (AvgIpc) is 2.93. The number of ether oxygens (including phenoxy) is 1. The van der Waals surface area contributed by atoms with Gasteiger partial charge >= 0.3 is 0 Å². The van der Waals surface area contributed by atoms with Crippen LogP contribution in [-0.2, 0) is 11.3 Å². The molecule has 1 aliphatic rings. The summed E-state index contributed by atoms with van der Waals surface area (Å²) < 4.78 is 7.52. The average molecular weight is 245 g/mol. The zero-order valence-electron chi connectivity index (χ0n) is 10.7. The quantitative estimate of drug-likeness (QED) is 0.903. The van der Waals surface area contributed by atoms with Gasteiger partial charge in [-0.1, -0.05) is 6.07 Å². The molecule has 0 spiro atoms. The van der Waals surface area contributed by atoms with Crippen molar-refractivity contribution in [2.24, 2.45) is 5.92 Å². The molecule has 2 N–H and O–H groups in total. The summed E-state index contributed by atoms with van der Waals surface area (Å²) in [7, 11) is 0. The Kier molecular flexibility index (Phi) is 2.96. The zero-order valence-corrected chi connectivity index (χ0v) is 10.7. The molecule has 96 valence electrons. The van der Waals surface area contributed by atoms with Crippen molar-refractivity contribution >= 4 is 17.0 Å². The lowest BCUT2D eigenvalue weighted by Crippen LogP contribution is -2.08. The van der Waals surface area contributed by atoms with E-state index >= 15 is 0 Å². The monoisotopic (exact) mass is 245 g/mol. The summed E-state index contributed by atoms with van der Waals surface area (Å²) in [6, 6.07) is 6.30. The number of hydrogen-bond acceptors (Lipinski definition) is 3. The van der Waals surface area contributed by atoms with Crippen molar-refractivity contribution < 1.29 is 4.74 Å². The molecule has 0 saturated carbocycles. The molecule has 0 amide bonds. The van der Waals surface area contributed by atoms with Crippen LogP contribution in [0.15, 0.2) is 18.2 Å². The van der Waals surface area contributed by atoms with Gasteiger partial charge in [0.15, 0.2) is 0 Å². The predicted octanol–water partition coefficient (Wildman–Crippen LogP) is 2.35. The molecule has 4 heteroatoms. The van der Waals surface area contributed by atoms with Gasteiger partial charge in [-0.2, -0.15) is 0 Å². The van der Waals surface area contributed by atoms with Crippen LogP contribution in [0.1, 0.15) is 18.4 Å². The number of aromatic nitrogens is 2. The van der Waals surface area contributed by atoms with Crippen LogP contribution in [0.5, 0.6) is 0 Å². The van der Waals surface area contributed by atoms with Gasteiger partial charge in [0.2, 0.25) is 5.95 Å². The van der Waals surface area contributed by atoms with Crippen molar-refractivity contribution in [2.75, 3.05) is 18.9 Å². The van der Waals surface area contributed by atoms with E-state index in [1.165, 1.54) is 12.0 Å². The number of hydrogen-bond donors (Lipinski definition) is 1. The van der Waals surface area contributed by atoms with Crippen LogP contribution in [0.2, 0.25) is 0 Å². The Hall–Kier alpha value is -1.55. The third-order valence-corrected chi connectivity index (χ3v) is 3.72. The maximum absolute atomic E-state index is 6.01. The molecule has 18 heavy (non-hydrogen) atoms. The third-order valence-electron chi connectivity index (χ3n) is 3.72. The van der Waals surface area contributed by atoms with Gasteiger partial charge in [-0.3, -0.25) is 0 Å². The molecule has 2 heterocycles. The summed E-state index contributed by atoms with van der Waals surface area (Å²) in [5.41, 5.74) is 9.36. The van der Waals surface area contributed by atoms with E-state index in [9.17, 15) is 0 Å². The summed E-state index contributed by atoms with van der Waals surface area (Å²) in [5, 5.41) is 0. The van der Waals surface area contributed by atoms with E-state index < -0.39 is 0 Å². The molecule has 0 radical (unpaired) electrons. The maximum atomic E-state index is 6.01. The van der Waals surface area contributed by atoms with E-state index in [-0.39, 0.29) is 0 Å². The highest BCUT2D eigenvalue weighted by Crippen LogP contribution is 2.22. The first-order valence-corrected chi connectivity index (χ1v) is 6.54. The number of imidazole rings is 1. The Bertz CT molecular complexity index is 555. The van der Waals surface area contributed by atoms with Gasteiger partial charge in [-0.05, 0) is 43.4 Å². The summed E-state index contributed by atoms with van der Waals surface area (Å²) in [4.78, 5) is 4.43. The maximum Gasteiger partial charge on any atom is 0.201 e. The number of benzene rings is 1. The minimum Gasteiger partial charge on any atom is -0.381 e. The first-order chi connectivity index (χ1) is 8.74. The van der Waals surface area contributed by atoms with Gasteiger partial charge in [0, 0.05) is 19.8 Å². The molecule has 3 rings (SSSR count). The lowest BCUT2D eigenvalue weighted by atomic mass is 10.1. The van der Waals surface area contributed by atoms with E-state index in [0.29, 0.717) is 11.9 Å². The Balaban J connectivity index is 1.84. The third kappa shape index (κ3) is 2.08. The Labute approximate surface area is 107 Å². The number of nitrogen functional groups attached to an aromatic ring is 1. The molecule has 0 aliphatic carbocycles. The topological polar surface area (TPSA) is 53.1 Å². The van der Waals surface area contributed by atoms with Gasteiger partial charge in [0.05, 0.1) is 11.0 Å². The minimum absolute atomic E-state index is 0.620. The minimum atomic E-state index is 0.620. The molecule has 1 aliphatic heterocycles. The normalized spacial score (nSPS) is 19.7. The van der Waals surface area contributed by atoms with Crippen LogP contribution >= 0.6 is 0 Å². The number of nitrogens with zero attached hydrogens (tertiary/aromatic N) is 2. The number of nitrogens with two attached hydrogens (primary N) is 1. The highest BCUT2D eigenvalue weighted by Gasteiger charge is 2.16. The number of rotatable bonds is 3. The van der Waals surface area contributed by atoms with Crippen molar-refractivity contribution in [1.82, 2.24) is 9.55 Å². The molecule has 1 aromatic heterocycles. The van der Waals surface area contributed by atoms with Crippen molar-refractivity contribution in [2.45, 2.75) is 26.3 Å². The van der Waals surface area contributed by atoms with E-state index in [1.807, 2.05) is 0 Å². The van der Waals surface area contributed by atoms with Gasteiger partial charge in [0.1, 0.15) is 0 Å². The highest BCUT2D eigenvalue weighted by molar-refractivity contribution is 5.79. The molecule has 0 bridgehead atoms. The molecule has 1 fully saturated rings. The number of fused-ring (bicyclic) bond motifs is 1. The molecule has 1 atom stereocenters. The second-order valence-corrected chi connectivity index (χ2v) is 5.13. The van der Waals surface area contributed by atoms with Gasteiger partial charge in [0.25, 0.3) is 0 Å². The van der Waals surface area contributed by atoms with Crippen molar-refractivity contribution in [1.29, 1.82) is 0 Å². The van der Waals surface area contributed by atoms with Crippen LogP contribution in [0.25, 0.3) is 11.0 Å². The second-order valence-electron chi connectivity index (χ2n) is 5.13. The number of anilines is 1. The van der Waals surface area contributed by atoms with E-state index in [0.717, 1.165) is 37.2 Å². The van der Waals surface area contributed by atoms with Crippen molar-refractivity contribution in [3.05, 3.63) is 23.8 Å². The fourth-order valence-corrected chi connectivity index (χ4v) is 2.62. The van der Waals surface area contributed by atoms with Crippen LogP contribution < -0.4 is 5.73 Å². The summed E-state index contributed by atoms with van der Waals surface area (Å²) in [6.45, 7) is 4.81. The predicted molar refractivity (Wildman–Crippen MR) is 72.4 cm³/mol. The van der Waals surface area contributed by atoms with E-state index in [4.69, 9.17) is 10.5 Å². The van der Waals surface area contributed by atoms with E-state index in [1.54, 1.807) is 0 Å². The standard InChI is InChI=1S/C14H19N3O/c1-10-2-3-13-12(8-10)16-14(15)17(13)6-4-11-5-7-18-9-11/h2-3,8,11H,4-7,9H2,1H3,(H2,15,16). The van der Waals surface area contributed by atoms with Crippen LogP contribution in [0, 0.1) is 12.8 Å². The van der Waals surface area contributed by atoms with Crippen molar-refractivity contribution in [3.63, 3.8) is 0 Å². The molecule has 2 aromatic rings. The summed E-state index contributed by atoms with van der Waals surface area (Å²) >= 11 is 0. The summed E-state index contributed by atoms with van der Waals surface area (Å²) in [5.74, 6) is 1.29. The van der Waals surface area contributed by atoms with Gasteiger partial charge < -0.3 is 15.0 Å². The smallest absolute Gasteiger partial charge is 0.201 e. The summed E-state index contributed by atoms with van der Waals surface area (Å²) in [6.07, 6.45) is 2.29. The molecular formula is C14H19N3O. The first-order valence-electron chi connectivity index (χ1n) is 6.54. The van der Waals surface area contributed by atoms with Crippen LogP contribution in [0.3, 0.4) is 0 Å². The molecular weight excluding hydrogens is 226 g/mol. The van der Waals surface area contributed by atoms with E-state index in [2.05, 4.69) is 34.7 Å². The molecule has 1 saturated heterocycles. The zero-order chi connectivity index (χ0) is 12.5. The lowest BCUT2D eigenvalue weighted by molar-refractivity contribution is 0.183. The largest absolute Gasteiger partial charge is 0.381 e. The molecule has 4 nitrogen and oxygen atoms in total. The second kappa shape index (κ2) is 4.61. The van der Waals surface area contributed by atoms with Gasteiger partial charge in [-0.15, -0.1) is 0 Å². The Morgan fingerprint density at radius 1 is 1.50 bits per heavy atom. The lowest BCUT2D eigenvalue weighted by Gasteiger charge is -2.10.